The van der Waals surface area contributed by atoms with Gasteiger partial charge in [-0.3, -0.25) is 4.79 Å². The molecule has 0 bridgehead atoms. The Labute approximate surface area is 165 Å². The van der Waals surface area contributed by atoms with Crippen LogP contribution in [0.5, 0.6) is 0 Å². The Balaban J connectivity index is 0.00000261. The van der Waals surface area contributed by atoms with Gasteiger partial charge in [-0.1, -0.05) is 24.6 Å². The molecule has 2 unspecified atom stereocenters. The predicted octanol–water partition coefficient (Wildman–Crippen LogP) is 3.61. The second-order valence-electron chi connectivity index (χ2n) is 6.53. The molecule has 1 aliphatic carbocycles. The molecule has 0 spiro atoms. The first-order valence-corrected chi connectivity index (χ1v) is 8.90. The largest absolute Gasteiger partial charge is 0.349 e. The summed E-state index contributed by atoms with van der Waals surface area (Å²) in [4.78, 5) is 24.4. The fourth-order valence-corrected chi connectivity index (χ4v) is 3.28. The molecule has 0 aromatic heterocycles. The van der Waals surface area contributed by atoms with Gasteiger partial charge in [-0.25, -0.2) is 4.79 Å². The third-order valence-electron chi connectivity index (χ3n) is 4.71. The van der Waals surface area contributed by atoms with Gasteiger partial charge < -0.3 is 21.7 Å². The van der Waals surface area contributed by atoms with E-state index in [0.29, 0.717) is 29.4 Å². The monoisotopic (exact) mass is 388 g/mol. The van der Waals surface area contributed by atoms with E-state index in [0.717, 1.165) is 19.3 Å². The molecule has 6 nitrogen and oxygen atoms in total. The van der Waals surface area contributed by atoms with Crippen LogP contribution in [0.25, 0.3) is 0 Å². The van der Waals surface area contributed by atoms with E-state index in [1.807, 2.05) is 30.3 Å². The number of hydrogen-bond acceptors (Lipinski definition) is 3. The van der Waals surface area contributed by atoms with Crippen molar-refractivity contribution in [2.24, 2.45) is 11.7 Å². The Morgan fingerprint density at radius 3 is 2.19 bits per heavy atom. The number of rotatable bonds is 5. The summed E-state index contributed by atoms with van der Waals surface area (Å²) in [5.41, 5.74) is 7.67. The van der Waals surface area contributed by atoms with Crippen molar-refractivity contribution >= 4 is 35.7 Å². The molecule has 144 valence electrons. The van der Waals surface area contributed by atoms with Crippen LogP contribution in [0, 0.1) is 5.92 Å². The fourth-order valence-electron chi connectivity index (χ4n) is 3.28. The molecule has 1 aliphatic rings. The fraction of sp³-hybridized carbons (Fsp3) is 0.300. The average molecular weight is 389 g/mol. The van der Waals surface area contributed by atoms with Crippen molar-refractivity contribution in [2.75, 3.05) is 17.2 Å². The number of hydrogen-bond donors (Lipinski definition) is 4. The van der Waals surface area contributed by atoms with Crippen molar-refractivity contribution in [3.8, 4) is 0 Å². The molecule has 2 aromatic rings. The molecule has 3 rings (SSSR count). The molecule has 0 radical (unpaired) electrons. The SMILES string of the molecule is Cl.NCC1CCCC1NC(=O)c1ccc(NC(=O)Nc2ccccc2)cc1. The van der Waals surface area contributed by atoms with E-state index >= 15 is 0 Å². The number of halogens is 1. The number of benzene rings is 2. The average Bonchev–Trinajstić information content (AvgIpc) is 3.10. The van der Waals surface area contributed by atoms with Gasteiger partial charge >= 0.3 is 6.03 Å². The van der Waals surface area contributed by atoms with E-state index in [4.69, 9.17) is 5.73 Å². The summed E-state index contributed by atoms with van der Waals surface area (Å²) >= 11 is 0. The number of para-hydroxylation sites is 1. The van der Waals surface area contributed by atoms with Crippen molar-refractivity contribution in [1.29, 1.82) is 0 Å². The second-order valence-corrected chi connectivity index (χ2v) is 6.53. The number of nitrogens with two attached hydrogens (primary N) is 1. The van der Waals surface area contributed by atoms with Crippen LogP contribution in [0.4, 0.5) is 16.2 Å². The molecule has 27 heavy (non-hydrogen) atoms. The van der Waals surface area contributed by atoms with Crippen molar-refractivity contribution in [3.63, 3.8) is 0 Å². The zero-order chi connectivity index (χ0) is 18.4. The summed E-state index contributed by atoms with van der Waals surface area (Å²) in [6.45, 7) is 0.602. The minimum Gasteiger partial charge on any atom is -0.349 e. The van der Waals surface area contributed by atoms with Crippen LogP contribution >= 0.6 is 12.4 Å². The number of nitrogens with one attached hydrogen (secondary N) is 3. The minimum absolute atomic E-state index is 0. The second kappa shape index (κ2) is 9.94. The molecule has 7 heteroatoms. The first kappa shape index (κ1) is 20.7. The quantitative estimate of drug-likeness (QED) is 0.630. The Bertz CT molecular complexity index is 752. The third kappa shape index (κ3) is 5.70. The van der Waals surface area contributed by atoms with Crippen LogP contribution in [-0.4, -0.2) is 24.5 Å². The molecule has 3 amide bonds. The third-order valence-corrected chi connectivity index (χ3v) is 4.71. The molecule has 0 aliphatic heterocycles. The summed E-state index contributed by atoms with van der Waals surface area (Å²) in [5.74, 6) is 0.261. The number of carbonyl (C=O) groups is 2. The van der Waals surface area contributed by atoms with Crippen LogP contribution in [-0.2, 0) is 0 Å². The lowest BCUT2D eigenvalue weighted by Crippen LogP contribution is -2.39. The Morgan fingerprint density at radius 2 is 1.56 bits per heavy atom. The van der Waals surface area contributed by atoms with Crippen LogP contribution in [0.1, 0.15) is 29.6 Å². The van der Waals surface area contributed by atoms with Gasteiger partial charge in [0, 0.05) is 23.0 Å². The van der Waals surface area contributed by atoms with Gasteiger partial charge in [0.15, 0.2) is 0 Å². The van der Waals surface area contributed by atoms with Gasteiger partial charge in [0.1, 0.15) is 0 Å². The maximum absolute atomic E-state index is 12.4. The highest BCUT2D eigenvalue weighted by molar-refractivity contribution is 6.00. The summed E-state index contributed by atoms with van der Waals surface area (Å²) < 4.78 is 0. The molecular weight excluding hydrogens is 364 g/mol. The molecule has 0 saturated heterocycles. The van der Waals surface area contributed by atoms with Gasteiger partial charge in [0.05, 0.1) is 0 Å². The van der Waals surface area contributed by atoms with Crippen molar-refractivity contribution < 1.29 is 9.59 Å². The minimum atomic E-state index is -0.329. The highest BCUT2D eigenvalue weighted by Crippen LogP contribution is 2.25. The number of urea groups is 1. The standard InChI is InChI=1S/C20H24N4O2.ClH/c21-13-15-5-4-8-18(15)24-19(25)14-9-11-17(12-10-14)23-20(26)22-16-6-2-1-3-7-16;/h1-3,6-7,9-12,15,18H,4-5,8,13,21H2,(H,24,25)(H2,22,23,26);1H. The van der Waals surface area contributed by atoms with Gasteiger partial charge in [0.2, 0.25) is 0 Å². The van der Waals surface area contributed by atoms with Crippen LogP contribution < -0.4 is 21.7 Å². The zero-order valence-corrected chi connectivity index (χ0v) is 15.8. The summed E-state index contributed by atoms with van der Waals surface area (Å²) in [6.07, 6.45) is 3.15. The lowest BCUT2D eigenvalue weighted by atomic mass is 10.0. The highest BCUT2D eigenvalue weighted by Gasteiger charge is 2.27. The van der Waals surface area contributed by atoms with Gasteiger partial charge in [-0.15, -0.1) is 12.4 Å². The van der Waals surface area contributed by atoms with E-state index in [1.165, 1.54) is 0 Å². The first-order chi connectivity index (χ1) is 12.7. The van der Waals surface area contributed by atoms with Crippen LogP contribution in [0.3, 0.4) is 0 Å². The van der Waals surface area contributed by atoms with E-state index < -0.39 is 0 Å². The van der Waals surface area contributed by atoms with E-state index in [-0.39, 0.29) is 30.4 Å². The van der Waals surface area contributed by atoms with Crippen LogP contribution in [0.2, 0.25) is 0 Å². The number of anilines is 2. The van der Waals surface area contributed by atoms with E-state index in [2.05, 4.69) is 16.0 Å². The van der Waals surface area contributed by atoms with Crippen molar-refractivity contribution in [1.82, 2.24) is 5.32 Å². The lowest BCUT2D eigenvalue weighted by molar-refractivity contribution is 0.0929. The molecular formula is C20H25ClN4O2. The maximum Gasteiger partial charge on any atom is 0.323 e. The summed E-state index contributed by atoms with van der Waals surface area (Å²) in [6, 6.07) is 15.9. The molecule has 2 aromatic carbocycles. The van der Waals surface area contributed by atoms with Crippen molar-refractivity contribution in [2.45, 2.75) is 25.3 Å². The van der Waals surface area contributed by atoms with Crippen LogP contribution in [0.15, 0.2) is 54.6 Å². The normalized spacial score (nSPS) is 18.3. The van der Waals surface area contributed by atoms with E-state index in [9.17, 15) is 9.59 Å². The Morgan fingerprint density at radius 1 is 0.926 bits per heavy atom. The van der Waals surface area contributed by atoms with Crippen molar-refractivity contribution in [3.05, 3.63) is 60.2 Å². The zero-order valence-electron chi connectivity index (χ0n) is 15.0. The molecule has 1 fully saturated rings. The van der Waals surface area contributed by atoms with Gasteiger partial charge in [-0.2, -0.15) is 0 Å². The van der Waals surface area contributed by atoms with Gasteiger partial charge in [-0.05, 0) is 61.7 Å². The molecule has 2 atom stereocenters. The topological polar surface area (TPSA) is 96.2 Å². The molecule has 0 heterocycles. The smallest absolute Gasteiger partial charge is 0.323 e. The summed E-state index contributed by atoms with van der Waals surface area (Å²) in [7, 11) is 0. The highest BCUT2D eigenvalue weighted by atomic mass is 35.5. The first-order valence-electron chi connectivity index (χ1n) is 8.90. The molecule has 1 saturated carbocycles. The predicted molar refractivity (Wildman–Crippen MR) is 110 cm³/mol. The maximum atomic E-state index is 12.4. The van der Waals surface area contributed by atoms with Gasteiger partial charge in [0.25, 0.3) is 5.91 Å². The Kier molecular flexibility index (Phi) is 7.64. The number of amides is 3. The number of carbonyl (C=O) groups excluding carboxylic acids is 2. The summed E-state index contributed by atoms with van der Waals surface area (Å²) in [5, 5.41) is 8.56. The Hall–Kier alpha value is -2.57. The van der Waals surface area contributed by atoms with E-state index in [1.54, 1.807) is 24.3 Å². The lowest BCUT2D eigenvalue weighted by Gasteiger charge is -2.19. The molecule has 5 N–H and O–H groups in total.